The maximum atomic E-state index is 13.3. The number of amides is 1. The molecule has 1 aromatic rings. The predicted octanol–water partition coefficient (Wildman–Crippen LogP) is 2.12. The first-order valence-electron chi connectivity index (χ1n) is 7.79. The minimum absolute atomic E-state index is 0.109. The van der Waals surface area contributed by atoms with Crippen LogP contribution in [0.2, 0.25) is 0 Å². The summed E-state index contributed by atoms with van der Waals surface area (Å²) in [5.41, 5.74) is 0.109. The summed E-state index contributed by atoms with van der Waals surface area (Å²) in [6.45, 7) is 1.55. The van der Waals surface area contributed by atoms with Crippen LogP contribution in [-0.2, 0) is 14.4 Å². The van der Waals surface area contributed by atoms with E-state index in [0.717, 1.165) is 6.07 Å². The van der Waals surface area contributed by atoms with Crippen LogP contribution in [0.3, 0.4) is 0 Å². The lowest BCUT2D eigenvalue weighted by Crippen LogP contribution is -2.45. The summed E-state index contributed by atoms with van der Waals surface area (Å²) in [7, 11) is 0. The molecular formula is C17H18FNO5S. The molecule has 1 aliphatic heterocycles. The van der Waals surface area contributed by atoms with Gasteiger partial charge in [0, 0.05) is 25.5 Å². The van der Waals surface area contributed by atoms with Crippen LogP contribution in [0.4, 0.5) is 4.39 Å². The average molecular weight is 367 g/mol. The third-order valence-electron chi connectivity index (χ3n) is 3.92. The Hall–Kier alpha value is -2.22. The molecule has 1 amide bonds. The highest BCUT2D eigenvalue weighted by Gasteiger charge is 2.38. The first-order chi connectivity index (χ1) is 11.8. The number of carbonyl (C=O) groups excluding carboxylic acids is 3. The van der Waals surface area contributed by atoms with Crippen LogP contribution in [0.25, 0.3) is 0 Å². The molecular weight excluding hydrogens is 349 g/mol. The molecule has 2 rings (SSSR count). The van der Waals surface area contributed by atoms with Gasteiger partial charge in [-0.1, -0.05) is 23.9 Å². The van der Waals surface area contributed by atoms with Crippen molar-refractivity contribution >= 4 is 34.5 Å². The summed E-state index contributed by atoms with van der Waals surface area (Å²) in [5, 5.41) is 7.84. The van der Waals surface area contributed by atoms with Crippen molar-refractivity contribution < 1.29 is 28.7 Å². The number of hydrogen-bond donors (Lipinski definition) is 1. The Morgan fingerprint density at radius 2 is 2.08 bits per heavy atom. The molecule has 1 aromatic carbocycles. The van der Waals surface area contributed by atoms with Crippen molar-refractivity contribution in [3.63, 3.8) is 0 Å². The van der Waals surface area contributed by atoms with Gasteiger partial charge in [0.1, 0.15) is 11.9 Å². The van der Waals surface area contributed by atoms with Crippen molar-refractivity contribution in [3.05, 3.63) is 35.6 Å². The van der Waals surface area contributed by atoms with Gasteiger partial charge in [-0.05, 0) is 25.0 Å². The highest BCUT2D eigenvalue weighted by Crippen LogP contribution is 2.26. The summed E-state index contributed by atoms with van der Waals surface area (Å²) in [5.74, 6) is -2.69. The van der Waals surface area contributed by atoms with E-state index in [1.807, 2.05) is 0 Å². The van der Waals surface area contributed by atoms with E-state index in [0.29, 0.717) is 24.6 Å². The van der Waals surface area contributed by atoms with Crippen LogP contribution < -0.4 is 0 Å². The second-order valence-corrected chi connectivity index (χ2v) is 7.14. The van der Waals surface area contributed by atoms with Gasteiger partial charge in [0.25, 0.3) is 0 Å². The standard InChI is InChI=1S/C17H18FNO5S/c1-10(20)25-15(9-14(21)11-4-2-5-12(18)8-11)16(22)19-7-3-6-13(19)17(23)24/h2,4-5,8,13,15H,3,6-7,9H2,1H3,(H,23,24)/t13-,15?/m0/s1. The summed E-state index contributed by atoms with van der Waals surface area (Å²) >= 11 is 0.698. The Morgan fingerprint density at radius 1 is 1.36 bits per heavy atom. The molecule has 0 radical (unpaired) electrons. The number of halogens is 1. The zero-order valence-corrected chi connectivity index (χ0v) is 14.4. The zero-order valence-electron chi connectivity index (χ0n) is 13.6. The van der Waals surface area contributed by atoms with Gasteiger partial charge in [0.05, 0.1) is 5.25 Å². The SMILES string of the molecule is CC(=O)SC(CC(=O)c1cccc(F)c1)C(=O)N1CCC[C@H]1C(=O)O. The molecule has 0 aromatic heterocycles. The average Bonchev–Trinajstić information content (AvgIpc) is 3.02. The Balaban J connectivity index is 2.18. The van der Waals surface area contributed by atoms with Crippen molar-refractivity contribution in [3.8, 4) is 0 Å². The number of carboxylic acids is 1. The van der Waals surface area contributed by atoms with Crippen LogP contribution in [0.15, 0.2) is 24.3 Å². The van der Waals surface area contributed by atoms with Crippen molar-refractivity contribution in [2.45, 2.75) is 37.5 Å². The van der Waals surface area contributed by atoms with Crippen LogP contribution in [0.1, 0.15) is 36.5 Å². The van der Waals surface area contributed by atoms with E-state index in [2.05, 4.69) is 0 Å². The monoisotopic (exact) mass is 367 g/mol. The first-order valence-corrected chi connectivity index (χ1v) is 8.67. The highest BCUT2D eigenvalue weighted by molar-refractivity contribution is 8.14. The Bertz CT molecular complexity index is 708. The van der Waals surface area contributed by atoms with E-state index in [4.69, 9.17) is 0 Å². The fraction of sp³-hybridized carbons (Fsp3) is 0.412. The van der Waals surface area contributed by atoms with Gasteiger partial charge in [-0.3, -0.25) is 14.4 Å². The quantitative estimate of drug-likeness (QED) is 0.775. The minimum atomic E-state index is -1.10. The van der Waals surface area contributed by atoms with Crippen LogP contribution in [0.5, 0.6) is 0 Å². The number of likely N-dealkylation sites (tertiary alicyclic amines) is 1. The Labute approximate surface area is 148 Å². The lowest BCUT2D eigenvalue weighted by Gasteiger charge is -2.25. The van der Waals surface area contributed by atoms with Crippen molar-refractivity contribution in [2.24, 2.45) is 0 Å². The summed E-state index contributed by atoms with van der Waals surface area (Å²) in [4.78, 5) is 49.0. The fourth-order valence-electron chi connectivity index (χ4n) is 2.80. The number of carboxylic acid groups (broad SMARTS) is 1. The Kier molecular flexibility index (Phi) is 6.30. The highest BCUT2D eigenvalue weighted by atomic mass is 32.2. The molecule has 1 heterocycles. The molecule has 1 saturated heterocycles. The number of ketones is 1. The van der Waals surface area contributed by atoms with Gasteiger partial charge >= 0.3 is 5.97 Å². The van der Waals surface area contributed by atoms with Gasteiger partial charge in [-0.15, -0.1) is 0 Å². The molecule has 2 atom stereocenters. The summed E-state index contributed by atoms with van der Waals surface area (Å²) in [6.07, 6.45) is 0.601. The molecule has 0 aliphatic carbocycles. The fourth-order valence-corrected chi connectivity index (χ4v) is 3.67. The van der Waals surface area contributed by atoms with Gasteiger partial charge in [-0.2, -0.15) is 0 Å². The molecule has 1 fully saturated rings. The lowest BCUT2D eigenvalue weighted by atomic mass is 10.1. The smallest absolute Gasteiger partial charge is 0.326 e. The number of Topliss-reactive ketones (excluding diaryl/α,β-unsaturated/α-hetero) is 1. The van der Waals surface area contributed by atoms with Gasteiger partial charge < -0.3 is 10.0 Å². The number of nitrogens with zero attached hydrogens (tertiary/aromatic N) is 1. The third kappa shape index (κ3) is 4.88. The molecule has 1 N–H and O–H groups in total. The lowest BCUT2D eigenvalue weighted by molar-refractivity contribution is -0.148. The molecule has 0 spiro atoms. The van der Waals surface area contributed by atoms with E-state index in [1.165, 1.54) is 30.0 Å². The van der Waals surface area contributed by atoms with E-state index >= 15 is 0 Å². The van der Waals surface area contributed by atoms with E-state index in [9.17, 15) is 28.7 Å². The number of rotatable bonds is 6. The number of carbonyl (C=O) groups is 4. The zero-order chi connectivity index (χ0) is 18.6. The Morgan fingerprint density at radius 3 is 2.68 bits per heavy atom. The summed E-state index contributed by atoms with van der Waals surface area (Å²) < 4.78 is 13.3. The number of benzene rings is 1. The van der Waals surface area contributed by atoms with Gasteiger partial charge in [0.15, 0.2) is 10.9 Å². The molecule has 8 heteroatoms. The first kappa shape index (κ1) is 19.1. The second kappa shape index (κ2) is 8.24. The maximum absolute atomic E-state index is 13.3. The molecule has 6 nitrogen and oxygen atoms in total. The predicted molar refractivity (Wildman–Crippen MR) is 89.8 cm³/mol. The molecule has 134 valence electrons. The molecule has 1 unspecified atom stereocenters. The normalized spacial score (nSPS) is 18.0. The second-order valence-electron chi connectivity index (χ2n) is 5.76. The van der Waals surface area contributed by atoms with E-state index < -0.39 is 34.8 Å². The molecule has 1 aliphatic rings. The minimum Gasteiger partial charge on any atom is -0.480 e. The maximum Gasteiger partial charge on any atom is 0.326 e. The van der Waals surface area contributed by atoms with E-state index in [-0.39, 0.29) is 23.6 Å². The van der Waals surface area contributed by atoms with Gasteiger partial charge in [0.2, 0.25) is 5.91 Å². The van der Waals surface area contributed by atoms with Crippen LogP contribution >= 0.6 is 11.8 Å². The largest absolute Gasteiger partial charge is 0.480 e. The van der Waals surface area contributed by atoms with Gasteiger partial charge in [-0.25, -0.2) is 9.18 Å². The number of aliphatic carboxylic acids is 1. The van der Waals surface area contributed by atoms with Crippen molar-refractivity contribution in [1.82, 2.24) is 4.90 Å². The number of hydrogen-bond acceptors (Lipinski definition) is 5. The van der Waals surface area contributed by atoms with Crippen molar-refractivity contribution in [2.75, 3.05) is 6.54 Å². The third-order valence-corrected chi connectivity index (χ3v) is 4.91. The summed E-state index contributed by atoms with van der Waals surface area (Å²) in [6, 6.07) is 4.15. The van der Waals surface area contributed by atoms with Crippen LogP contribution in [-0.4, -0.2) is 50.6 Å². The molecule has 25 heavy (non-hydrogen) atoms. The molecule has 0 saturated carbocycles. The topological polar surface area (TPSA) is 91.8 Å². The number of thioether (sulfide) groups is 1. The molecule has 0 bridgehead atoms. The van der Waals surface area contributed by atoms with Crippen LogP contribution in [0, 0.1) is 5.82 Å². The van der Waals surface area contributed by atoms with Crippen molar-refractivity contribution in [1.29, 1.82) is 0 Å². The van der Waals surface area contributed by atoms with E-state index in [1.54, 1.807) is 0 Å².